The van der Waals surface area contributed by atoms with E-state index in [9.17, 15) is 9.59 Å². The smallest absolute Gasteiger partial charge is 0.348 e. The summed E-state index contributed by atoms with van der Waals surface area (Å²) < 4.78 is 10.3. The lowest BCUT2D eigenvalue weighted by molar-refractivity contribution is 0.0527. The summed E-state index contributed by atoms with van der Waals surface area (Å²) in [5.41, 5.74) is 0.888. The summed E-state index contributed by atoms with van der Waals surface area (Å²) >= 11 is 6.63. The number of hydrogen-bond donors (Lipinski definition) is 2. The predicted octanol–water partition coefficient (Wildman–Crippen LogP) is 4.28. The number of hydrogen-bond acceptors (Lipinski definition) is 6. The summed E-state index contributed by atoms with van der Waals surface area (Å²) in [6, 6.07) is 0.315. The fraction of sp³-hybridized carbons (Fsp3) is 0.632. The molecule has 1 fully saturated rings. The van der Waals surface area contributed by atoms with Crippen LogP contribution in [-0.2, 0) is 9.47 Å². The van der Waals surface area contributed by atoms with E-state index in [4.69, 9.17) is 21.7 Å². The van der Waals surface area contributed by atoms with Crippen LogP contribution in [0, 0.1) is 12.8 Å². The Morgan fingerprint density at radius 3 is 2.41 bits per heavy atom. The van der Waals surface area contributed by atoms with E-state index < -0.39 is 11.9 Å². The normalized spacial score (nSPS) is 19.3. The Balaban J connectivity index is 2.22. The Labute approximate surface area is 170 Å². The van der Waals surface area contributed by atoms with Gasteiger partial charge < -0.3 is 20.1 Å². The van der Waals surface area contributed by atoms with Crippen LogP contribution in [0.2, 0.25) is 0 Å². The van der Waals surface area contributed by atoms with Crippen LogP contribution in [0.4, 0.5) is 5.00 Å². The molecule has 150 valence electrons. The Bertz CT molecular complexity index is 702. The van der Waals surface area contributed by atoms with E-state index in [0.29, 0.717) is 38.1 Å². The molecule has 1 aromatic heterocycles. The summed E-state index contributed by atoms with van der Waals surface area (Å²) in [7, 11) is 0. The molecule has 1 aliphatic carbocycles. The van der Waals surface area contributed by atoms with Crippen molar-refractivity contribution in [2.45, 2.75) is 59.4 Å². The number of rotatable bonds is 6. The van der Waals surface area contributed by atoms with Gasteiger partial charge in [-0.05, 0) is 57.3 Å². The number of carbonyl (C=O) groups is 2. The fourth-order valence-corrected chi connectivity index (χ4v) is 4.69. The monoisotopic (exact) mass is 412 g/mol. The number of thiophene rings is 1. The predicted molar refractivity (Wildman–Crippen MR) is 112 cm³/mol. The molecule has 0 spiro atoms. The zero-order chi connectivity index (χ0) is 20.0. The SMILES string of the molecule is CCOC(=O)c1sc(NC(=S)NC2CCCCC2C)c(C(=O)OCC)c1C. The van der Waals surface area contributed by atoms with Gasteiger partial charge in [0.05, 0.1) is 18.8 Å². The number of ether oxygens (including phenoxy) is 2. The standard InChI is InChI=1S/C19H28N2O4S2/c1-5-24-17(22)14-12(4)15(18(23)25-6-2)27-16(14)21-19(26)20-13-10-8-7-9-11(13)3/h11,13H,5-10H2,1-4H3,(H2,20,21,26). The van der Waals surface area contributed by atoms with Crippen molar-refractivity contribution in [2.24, 2.45) is 5.92 Å². The maximum Gasteiger partial charge on any atom is 0.348 e. The third-order valence-electron chi connectivity index (χ3n) is 4.74. The quantitative estimate of drug-likeness (QED) is 0.533. The topological polar surface area (TPSA) is 76.7 Å². The van der Waals surface area contributed by atoms with Crippen molar-refractivity contribution in [3.05, 3.63) is 16.0 Å². The second kappa shape index (κ2) is 10.0. The number of esters is 2. The molecule has 0 aromatic carbocycles. The Morgan fingerprint density at radius 2 is 1.78 bits per heavy atom. The van der Waals surface area contributed by atoms with Gasteiger partial charge in [-0.15, -0.1) is 11.3 Å². The zero-order valence-electron chi connectivity index (χ0n) is 16.3. The molecule has 1 heterocycles. The van der Waals surface area contributed by atoms with Crippen molar-refractivity contribution in [1.29, 1.82) is 0 Å². The van der Waals surface area contributed by atoms with Crippen molar-refractivity contribution in [2.75, 3.05) is 18.5 Å². The molecule has 27 heavy (non-hydrogen) atoms. The number of nitrogens with one attached hydrogen (secondary N) is 2. The lowest BCUT2D eigenvalue weighted by Gasteiger charge is -2.30. The van der Waals surface area contributed by atoms with Crippen LogP contribution in [0.5, 0.6) is 0 Å². The van der Waals surface area contributed by atoms with Gasteiger partial charge in [-0.1, -0.05) is 19.8 Å². The van der Waals surface area contributed by atoms with Crippen LogP contribution in [0.1, 0.15) is 72.0 Å². The Morgan fingerprint density at radius 1 is 1.15 bits per heavy atom. The lowest BCUT2D eigenvalue weighted by Crippen LogP contribution is -2.43. The molecule has 0 saturated heterocycles. The molecule has 2 unspecified atom stereocenters. The number of carbonyl (C=O) groups excluding carboxylic acids is 2. The Kier molecular flexibility index (Phi) is 8.04. The van der Waals surface area contributed by atoms with Crippen molar-refractivity contribution in [3.8, 4) is 0 Å². The lowest BCUT2D eigenvalue weighted by atomic mass is 9.86. The molecule has 8 heteroatoms. The molecule has 1 saturated carbocycles. The molecule has 0 amide bonds. The highest BCUT2D eigenvalue weighted by atomic mass is 32.1. The van der Waals surface area contributed by atoms with Crippen molar-refractivity contribution < 1.29 is 19.1 Å². The van der Waals surface area contributed by atoms with Gasteiger partial charge in [0, 0.05) is 6.04 Å². The minimum Gasteiger partial charge on any atom is -0.462 e. The largest absolute Gasteiger partial charge is 0.462 e. The van der Waals surface area contributed by atoms with Gasteiger partial charge in [0.1, 0.15) is 9.88 Å². The van der Waals surface area contributed by atoms with Gasteiger partial charge in [-0.2, -0.15) is 0 Å². The molecule has 6 nitrogen and oxygen atoms in total. The van der Waals surface area contributed by atoms with Crippen LogP contribution in [-0.4, -0.2) is 36.3 Å². The van der Waals surface area contributed by atoms with E-state index >= 15 is 0 Å². The zero-order valence-corrected chi connectivity index (χ0v) is 18.0. The van der Waals surface area contributed by atoms with Gasteiger partial charge in [-0.25, -0.2) is 9.59 Å². The number of thiocarbonyl (C=S) groups is 1. The van der Waals surface area contributed by atoms with Gasteiger partial charge in [-0.3, -0.25) is 0 Å². The van der Waals surface area contributed by atoms with E-state index in [1.165, 1.54) is 30.6 Å². The fourth-order valence-electron chi connectivity index (χ4n) is 3.28. The van der Waals surface area contributed by atoms with Gasteiger partial charge in [0.25, 0.3) is 0 Å². The molecule has 1 aromatic rings. The van der Waals surface area contributed by atoms with Crippen LogP contribution in [0.3, 0.4) is 0 Å². The first-order valence-corrected chi connectivity index (χ1v) is 10.7. The van der Waals surface area contributed by atoms with Crippen molar-refractivity contribution in [3.63, 3.8) is 0 Å². The first-order valence-electron chi connectivity index (χ1n) is 9.44. The first kappa shape index (κ1) is 21.6. The maximum absolute atomic E-state index is 12.4. The minimum atomic E-state index is -0.474. The van der Waals surface area contributed by atoms with Crippen molar-refractivity contribution in [1.82, 2.24) is 5.32 Å². The molecule has 0 bridgehead atoms. The van der Waals surface area contributed by atoms with E-state index in [-0.39, 0.29) is 13.2 Å². The van der Waals surface area contributed by atoms with Crippen LogP contribution in [0.15, 0.2) is 0 Å². The highest BCUT2D eigenvalue weighted by Crippen LogP contribution is 2.34. The van der Waals surface area contributed by atoms with Crippen molar-refractivity contribution >= 4 is 45.6 Å². The van der Waals surface area contributed by atoms with Gasteiger partial charge >= 0.3 is 11.9 Å². The maximum atomic E-state index is 12.4. The van der Waals surface area contributed by atoms with Crippen LogP contribution < -0.4 is 10.6 Å². The second-order valence-corrected chi connectivity index (χ2v) is 8.10. The van der Waals surface area contributed by atoms with Crippen LogP contribution in [0.25, 0.3) is 0 Å². The van der Waals surface area contributed by atoms with E-state index in [1.54, 1.807) is 20.8 Å². The summed E-state index contributed by atoms with van der Waals surface area (Å²) in [5.74, 6) is -0.375. The highest BCUT2D eigenvalue weighted by molar-refractivity contribution is 7.80. The third-order valence-corrected chi connectivity index (χ3v) is 6.15. The summed E-state index contributed by atoms with van der Waals surface area (Å²) in [5, 5.41) is 7.43. The van der Waals surface area contributed by atoms with E-state index in [0.717, 1.165) is 6.42 Å². The molecule has 2 rings (SSSR count). The van der Waals surface area contributed by atoms with E-state index in [2.05, 4.69) is 17.6 Å². The average molecular weight is 413 g/mol. The molecular formula is C19H28N2O4S2. The summed E-state index contributed by atoms with van der Waals surface area (Å²) in [6.45, 7) is 7.96. The van der Waals surface area contributed by atoms with Crippen LogP contribution >= 0.6 is 23.6 Å². The molecule has 0 radical (unpaired) electrons. The Hall–Kier alpha value is -1.67. The van der Waals surface area contributed by atoms with Gasteiger partial charge in [0.2, 0.25) is 0 Å². The molecule has 2 atom stereocenters. The average Bonchev–Trinajstić information content (AvgIpc) is 2.93. The number of anilines is 1. The second-order valence-electron chi connectivity index (χ2n) is 6.67. The molecule has 1 aliphatic rings. The molecular weight excluding hydrogens is 384 g/mol. The van der Waals surface area contributed by atoms with Gasteiger partial charge in [0.15, 0.2) is 5.11 Å². The summed E-state index contributed by atoms with van der Waals surface area (Å²) in [4.78, 5) is 25.0. The summed E-state index contributed by atoms with van der Waals surface area (Å²) in [6.07, 6.45) is 4.69. The molecule has 0 aliphatic heterocycles. The third kappa shape index (κ3) is 5.42. The van der Waals surface area contributed by atoms with E-state index in [1.807, 2.05) is 0 Å². The minimum absolute atomic E-state index is 0.255. The molecule has 2 N–H and O–H groups in total. The highest BCUT2D eigenvalue weighted by Gasteiger charge is 2.28. The first-order chi connectivity index (χ1) is 12.9.